The molecule has 1 aliphatic rings. The van der Waals surface area contributed by atoms with Gasteiger partial charge in [0.15, 0.2) is 0 Å². The second-order valence-electron chi connectivity index (χ2n) is 9.04. The lowest BCUT2D eigenvalue weighted by Crippen LogP contribution is -2.37. The van der Waals surface area contributed by atoms with E-state index in [-0.39, 0.29) is 11.9 Å². The number of benzene rings is 3. The van der Waals surface area contributed by atoms with Crippen LogP contribution in [0, 0.1) is 0 Å². The Labute approximate surface area is 200 Å². The lowest BCUT2D eigenvalue weighted by atomic mass is 9.99. The largest absolute Gasteiger partial charge is 0.490 e. The van der Waals surface area contributed by atoms with Crippen LogP contribution < -0.4 is 9.47 Å². The molecule has 0 atom stereocenters. The fourth-order valence-electron chi connectivity index (χ4n) is 4.47. The number of alkyl halides is 2. The van der Waals surface area contributed by atoms with E-state index < -0.39 is 6.61 Å². The summed E-state index contributed by atoms with van der Waals surface area (Å²) in [5, 5.41) is 0. The Kier molecular flexibility index (Phi) is 8.14. The lowest BCUT2D eigenvalue weighted by molar-refractivity contribution is -0.0499. The van der Waals surface area contributed by atoms with Gasteiger partial charge in [0.25, 0.3) is 0 Å². The van der Waals surface area contributed by atoms with Gasteiger partial charge in [-0.1, -0.05) is 48.5 Å². The second-order valence-corrected chi connectivity index (χ2v) is 9.04. The molecular formula is C28H32F2N2O2. The number of likely N-dealkylation sites (tertiary alicyclic amines) is 1. The number of halogens is 2. The van der Waals surface area contributed by atoms with Gasteiger partial charge >= 0.3 is 6.61 Å². The summed E-state index contributed by atoms with van der Waals surface area (Å²) in [6.45, 7) is 0.594. The molecule has 0 radical (unpaired) electrons. The number of nitrogens with zero attached hydrogens (tertiary/aromatic N) is 2. The second kappa shape index (κ2) is 11.4. The highest BCUT2D eigenvalue weighted by atomic mass is 19.3. The smallest absolute Gasteiger partial charge is 0.387 e. The summed E-state index contributed by atoms with van der Waals surface area (Å²) >= 11 is 0. The Morgan fingerprint density at radius 3 is 2.41 bits per heavy atom. The van der Waals surface area contributed by atoms with Crippen LogP contribution in [0.5, 0.6) is 11.5 Å². The topological polar surface area (TPSA) is 24.9 Å². The zero-order valence-electron chi connectivity index (χ0n) is 19.8. The summed E-state index contributed by atoms with van der Waals surface area (Å²) in [4.78, 5) is 4.50. The van der Waals surface area contributed by atoms with Crippen molar-refractivity contribution in [2.24, 2.45) is 0 Å². The van der Waals surface area contributed by atoms with Crippen molar-refractivity contribution in [2.45, 2.75) is 38.6 Å². The first-order chi connectivity index (χ1) is 16.5. The van der Waals surface area contributed by atoms with Crippen molar-refractivity contribution in [3.63, 3.8) is 0 Å². The van der Waals surface area contributed by atoms with Gasteiger partial charge in [0.05, 0.1) is 0 Å². The maximum Gasteiger partial charge on any atom is 0.387 e. The van der Waals surface area contributed by atoms with Crippen LogP contribution in [0.25, 0.3) is 11.1 Å². The quantitative estimate of drug-likeness (QED) is 0.383. The summed E-state index contributed by atoms with van der Waals surface area (Å²) in [5.74, 6) is 1.10. The number of hydrogen-bond acceptors (Lipinski definition) is 4. The Morgan fingerprint density at radius 2 is 1.65 bits per heavy atom. The van der Waals surface area contributed by atoms with Crippen LogP contribution in [-0.2, 0) is 13.1 Å². The Bertz CT molecular complexity index is 1070. The van der Waals surface area contributed by atoms with E-state index in [4.69, 9.17) is 4.74 Å². The Hall–Kier alpha value is -2.96. The van der Waals surface area contributed by atoms with Crippen LogP contribution in [0.2, 0.25) is 0 Å². The predicted octanol–water partition coefficient (Wildman–Crippen LogP) is 6.06. The molecule has 0 N–H and O–H groups in total. The molecule has 6 heteroatoms. The van der Waals surface area contributed by atoms with E-state index in [1.54, 1.807) is 18.2 Å². The minimum absolute atomic E-state index is 0.164. The first-order valence-electron chi connectivity index (χ1n) is 11.7. The molecule has 0 aromatic heterocycles. The minimum atomic E-state index is -2.80. The van der Waals surface area contributed by atoms with E-state index in [1.165, 1.54) is 16.7 Å². The maximum atomic E-state index is 12.5. The van der Waals surface area contributed by atoms with Crippen molar-refractivity contribution in [2.75, 3.05) is 27.2 Å². The number of rotatable bonds is 9. The minimum Gasteiger partial charge on any atom is -0.490 e. The van der Waals surface area contributed by atoms with Crippen molar-refractivity contribution in [3.05, 3.63) is 83.9 Å². The average molecular weight is 467 g/mol. The molecule has 0 saturated carbocycles. The van der Waals surface area contributed by atoms with Crippen molar-refractivity contribution >= 4 is 0 Å². The Morgan fingerprint density at radius 1 is 0.912 bits per heavy atom. The molecule has 0 unspecified atom stereocenters. The molecule has 34 heavy (non-hydrogen) atoms. The SMILES string of the molecule is CN(C)Cc1ccccc1-c1cccc(OC2CCN(Cc3cccc(OC(F)F)c3)CC2)c1. The monoisotopic (exact) mass is 466 g/mol. The predicted molar refractivity (Wildman–Crippen MR) is 131 cm³/mol. The summed E-state index contributed by atoms with van der Waals surface area (Å²) in [6.07, 6.45) is 2.01. The van der Waals surface area contributed by atoms with E-state index in [9.17, 15) is 8.78 Å². The van der Waals surface area contributed by atoms with Crippen LogP contribution in [0.15, 0.2) is 72.8 Å². The van der Waals surface area contributed by atoms with Crippen LogP contribution in [0.3, 0.4) is 0 Å². The molecule has 1 heterocycles. The highest BCUT2D eigenvalue weighted by molar-refractivity contribution is 5.68. The fourth-order valence-corrected chi connectivity index (χ4v) is 4.47. The molecule has 1 fully saturated rings. The number of ether oxygens (including phenoxy) is 2. The molecule has 0 amide bonds. The maximum absolute atomic E-state index is 12.5. The van der Waals surface area contributed by atoms with E-state index in [0.717, 1.165) is 43.8 Å². The zero-order valence-corrected chi connectivity index (χ0v) is 19.8. The molecule has 1 saturated heterocycles. The molecule has 1 aliphatic heterocycles. The van der Waals surface area contributed by atoms with E-state index >= 15 is 0 Å². The van der Waals surface area contributed by atoms with Gasteiger partial charge < -0.3 is 14.4 Å². The molecule has 4 nitrogen and oxygen atoms in total. The van der Waals surface area contributed by atoms with Gasteiger partial charge in [-0.2, -0.15) is 8.78 Å². The molecule has 180 valence electrons. The number of hydrogen-bond donors (Lipinski definition) is 0. The van der Waals surface area contributed by atoms with Crippen LogP contribution in [-0.4, -0.2) is 49.7 Å². The van der Waals surface area contributed by atoms with Crippen LogP contribution in [0.4, 0.5) is 8.78 Å². The van der Waals surface area contributed by atoms with Gasteiger partial charge in [-0.3, -0.25) is 4.90 Å². The number of piperidine rings is 1. The van der Waals surface area contributed by atoms with Crippen molar-refractivity contribution in [1.29, 1.82) is 0 Å². The molecule has 0 spiro atoms. The summed E-state index contributed by atoms with van der Waals surface area (Å²) in [5.41, 5.74) is 4.66. The van der Waals surface area contributed by atoms with Crippen molar-refractivity contribution in [3.8, 4) is 22.6 Å². The van der Waals surface area contributed by atoms with Gasteiger partial charge in [0, 0.05) is 26.2 Å². The van der Waals surface area contributed by atoms with Gasteiger partial charge in [0.2, 0.25) is 0 Å². The molecular weight excluding hydrogens is 434 g/mol. The first kappa shape index (κ1) is 24.2. The van der Waals surface area contributed by atoms with E-state index in [2.05, 4.69) is 71.1 Å². The summed E-state index contributed by atoms with van der Waals surface area (Å²) in [7, 11) is 4.16. The zero-order chi connectivity index (χ0) is 23.9. The highest BCUT2D eigenvalue weighted by Crippen LogP contribution is 2.29. The molecule has 0 aliphatic carbocycles. The average Bonchev–Trinajstić information content (AvgIpc) is 2.80. The third kappa shape index (κ3) is 6.78. The van der Waals surface area contributed by atoms with E-state index in [0.29, 0.717) is 6.54 Å². The van der Waals surface area contributed by atoms with Gasteiger partial charge in [-0.25, -0.2) is 0 Å². The molecule has 4 rings (SSSR count). The molecule has 0 bridgehead atoms. The standard InChI is InChI=1S/C28H32F2N2O2/c1-31(2)20-23-8-3-4-12-27(23)22-9-6-11-26(18-22)33-24-13-15-32(16-14-24)19-21-7-5-10-25(17-21)34-28(29)30/h3-12,17-18,24,28H,13-16,19-20H2,1-2H3. The summed E-state index contributed by atoms with van der Waals surface area (Å²) < 4.78 is 35.8. The normalized spacial score (nSPS) is 15.1. The van der Waals surface area contributed by atoms with Gasteiger partial charge in [0.1, 0.15) is 17.6 Å². The first-order valence-corrected chi connectivity index (χ1v) is 11.7. The van der Waals surface area contributed by atoms with Crippen LogP contribution >= 0.6 is 0 Å². The van der Waals surface area contributed by atoms with E-state index in [1.807, 2.05) is 12.1 Å². The highest BCUT2D eigenvalue weighted by Gasteiger charge is 2.21. The Balaban J connectivity index is 1.34. The van der Waals surface area contributed by atoms with Gasteiger partial charge in [-0.15, -0.1) is 0 Å². The molecule has 3 aromatic carbocycles. The van der Waals surface area contributed by atoms with Gasteiger partial charge in [-0.05, 0) is 73.5 Å². The molecule has 3 aromatic rings. The van der Waals surface area contributed by atoms with Crippen molar-refractivity contribution < 1.29 is 18.3 Å². The fraction of sp³-hybridized carbons (Fsp3) is 0.357. The third-order valence-electron chi connectivity index (χ3n) is 6.02. The third-order valence-corrected chi connectivity index (χ3v) is 6.02. The van der Waals surface area contributed by atoms with Crippen LogP contribution in [0.1, 0.15) is 24.0 Å². The summed E-state index contributed by atoms with van der Waals surface area (Å²) in [6, 6.07) is 23.8. The lowest BCUT2D eigenvalue weighted by Gasteiger charge is -2.32. The van der Waals surface area contributed by atoms with Crippen molar-refractivity contribution in [1.82, 2.24) is 9.80 Å².